The summed E-state index contributed by atoms with van der Waals surface area (Å²) in [6, 6.07) is 8.28. The van der Waals surface area contributed by atoms with E-state index in [1.165, 1.54) is 6.21 Å². The molecule has 19 heavy (non-hydrogen) atoms. The highest BCUT2D eigenvalue weighted by atomic mass is 32.2. The third-order valence-electron chi connectivity index (χ3n) is 2.79. The first kappa shape index (κ1) is 14.0. The molecular weight excluding hydrogens is 266 g/mol. The first-order chi connectivity index (χ1) is 9.18. The first-order valence-corrected chi connectivity index (χ1v) is 7.91. The lowest BCUT2D eigenvalue weighted by Gasteiger charge is -2.19. The van der Waals surface area contributed by atoms with Gasteiger partial charge < -0.3 is 9.57 Å². The molecule has 6 heteroatoms. The zero-order valence-corrected chi connectivity index (χ0v) is 11.4. The molecule has 104 valence electrons. The van der Waals surface area contributed by atoms with Crippen LogP contribution in [0.2, 0.25) is 0 Å². The number of oxime groups is 1. The quantitative estimate of drug-likeness (QED) is 0.612. The molecule has 1 unspecified atom stereocenters. The maximum atomic E-state index is 11.9. The molecule has 0 spiro atoms. The SMILES string of the molecule is O=S(=O)(CC=NOC1CCCCO1)c1ccccc1. The summed E-state index contributed by atoms with van der Waals surface area (Å²) in [6.45, 7) is 0.669. The van der Waals surface area contributed by atoms with Gasteiger partial charge in [-0.1, -0.05) is 23.4 Å². The highest BCUT2D eigenvalue weighted by Crippen LogP contribution is 2.13. The maximum absolute atomic E-state index is 11.9. The van der Waals surface area contributed by atoms with E-state index in [-0.39, 0.29) is 16.9 Å². The Hall–Kier alpha value is -1.40. The second-order valence-electron chi connectivity index (χ2n) is 4.28. The maximum Gasteiger partial charge on any atom is 0.226 e. The fourth-order valence-electron chi connectivity index (χ4n) is 1.76. The molecule has 0 aromatic heterocycles. The number of hydrogen-bond donors (Lipinski definition) is 0. The van der Waals surface area contributed by atoms with Crippen LogP contribution in [0, 0.1) is 0 Å². The highest BCUT2D eigenvalue weighted by Gasteiger charge is 2.15. The van der Waals surface area contributed by atoms with Gasteiger partial charge >= 0.3 is 0 Å². The van der Waals surface area contributed by atoms with Gasteiger partial charge in [-0.05, 0) is 25.0 Å². The Morgan fingerprint density at radius 1 is 1.32 bits per heavy atom. The summed E-state index contributed by atoms with van der Waals surface area (Å²) < 4.78 is 29.1. The summed E-state index contributed by atoms with van der Waals surface area (Å²) in [5.41, 5.74) is 0. The standard InChI is InChI=1S/C13H17NO4S/c15-19(16,12-6-2-1-3-7-12)11-9-14-18-13-8-4-5-10-17-13/h1-3,6-7,9,13H,4-5,8,10-11H2. The van der Waals surface area contributed by atoms with Crippen molar-refractivity contribution in [3.63, 3.8) is 0 Å². The van der Waals surface area contributed by atoms with Gasteiger partial charge in [0.2, 0.25) is 6.29 Å². The number of sulfone groups is 1. The normalized spacial score (nSPS) is 20.5. The van der Waals surface area contributed by atoms with E-state index in [0.717, 1.165) is 19.3 Å². The van der Waals surface area contributed by atoms with Gasteiger partial charge in [-0.15, -0.1) is 0 Å². The topological polar surface area (TPSA) is 65.0 Å². The number of ether oxygens (including phenoxy) is 1. The van der Waals surface area contributed by atoms with Crippen molar-refractivity contribution < 1.29 is 18.0 Å². The van der Waals surface area contributed by atoms with Gasteiger partial charge in [0.25, 0.3) is 0 Å². The number of benzene rings is 1. The first-order valence-electron chi connectivity index (χ1n) is 6.25. The van der Waals surface area contributed by atoms with Gasteiger partial charge in [-0.3, -0.25) is 0 Å². The Balaban J connectivity index is 1.84. The van der Waals surface area contributed by atoms with Gasteiger partial charge in [-0.25, -0.2) is 8.42 Å². The minimum Gasteiger partial charge on any atom is -0.364 e. The molecule has 0 saturated carbocycles. The summed E-state index contributed by atoms with van der Waals surface area (Å²) in [5, 5.41) is 3.68. The Morgan fingerprint density at radius 3 is 2.79 bits per heavy atom. The molecule has 0 N–H and O–H groups in total. The van der Waals surface area contributed by atoms with Crippen LogP contribution in [-0.4, -0.2) is 33.3 Å². The molecule has 1 heterocycles. The van der Waals surface area contributed by atoms with Crippen LogP contribution in [0.5, 0.6) is 0 Å². The Labute approximate surface area is 113 Å². The summed E-state index contributed by atoms with van der Waals surface area (Å²) >= 11 is 0. The van der Waals surface area contributed by atoms with Crippen molar-refractivity contribution in [2.75, 3.05) is 12.4 Å². The minimum atomic E-state index is -3.33. The van der Waals surface area contributed by atoms with E-state index in [4.69, 9.17) is 9.57 Å². The van der Waals surface area contributed by atoms with Gasteiger partial charge in [-0.2, -0.15) is 0 Å². The fourth-order valence-corrected chi connectivity index (χ4v) is 2.78. The lowest BCUT2D eigenvalue weighted by Crippen LogP contribution is -2.20. The second kappa shape index (κ2) is 6.68. The van der Waals surface area contributed by atoms with Crippen molar-refractivity contribution in [1.29, 1.82) is 0 Å². The van der Waals surface area contributed by atoms with Crippen LogP contribution in [0.15, 0.2) is 40.4 Å². The van der Waals surface area contributed by atoms with Crippen LogP contribution in [0.4, 0.5) is 0 Å². The molecule has 0 radical (unpaired) electrons. The molecule has 2 rings (SSSR count). The number of nitrogens with zero attached hydrogens (tertiary/aromatic N) is 1. The van der Waals surface area contributed by atoms with Crippen molar-refractivity contribution in [3.8, 4) is 0 Å². The largest absolute Gasteiger partial charge is 0.364 e. The zero-order valence-electron chi connectivity index (χ0n) is 10.6. The van der Waals surface area contributed by atoms with Crippen LogP contribution >= 0.6 is 0 Å². The van der Waals surface area contributed by atoms with Gasteiger partial charge in [0.15, 0.2) is 9.84 Å². The highest BCUT2D eigenvalue weighted by molar-refractivity contribution is 7.92. The lowest BCUT2D eigenvalue weighted by molar-refractivity contribution is -0.161. The molecule has 0 bridgehead atoms. The third kappa shape index (κ3) is 4.33. The molecule has 0 amide bonds. The van der Waals surface area contributed by atoms with Crippen molar-refractivity contribution in [1.82, 2.24) is 0 Å². The van der Waals surface area contributed by atoms with E-state index in [1.807, 2.05) is 0 Å². The Morgan fingerprint density at radius 2 is 2.11 bits per heavy atom. The van der Waals surface area contributed by atoms with Crippen LogP contribution in [0.25, 0.3) is 0 Å². The molecule has 1 saturated heterocycles. The Kier molecular flexibility index (Phi) is 4.93. The van der Waals surface area contributed by atoms with E-state index < -0.39 is 9.84 Å². The lowest BCUT2D eigenvalue weighted by atomic mass is 10.2. The smallest absolute Gasteiger partial charge is 0.226 e. The summed E-state index contributed by atoms with van der Waals surface area (Å²) in [5.74, 6) is -0.177. The monoisotopic (exact) mass is 283 g/mol. The molecule has 1 fully saturated rings. The van der Waals surface area contributed by atoms with Crippen LogP contribution in [-0.2, 0) is 19.4 Å². The molecule has 1 aromatic rings. The number of rotatable bonds is 5. The molecule has 1 aliphatic rings. The molecular formula is C13H17NO4S. The van der Waals surface area contributed by atoms with E-state index >= 15 is 0 Å². The summed E-state index contributed by atoms with van der Waals surface area (Å²) in [6.07, 6.45) is 3.79. The predicted molar refractivity (Wildman–Crippen MR) is 71.7 cm³/mol. The van der Waals surface area contributed by atoms with Crippen LogP contribution < -0.4 is 0 Å². The van der Waals surface area contributed by atoms with Gasteiger partial charge in [0.1, 0.15) is 0 Å². The zero-order chi connectivity index (χ0) is 13.6. The predicted octanol–water partition coefficient (Wildman–Crippen LogP) is 1.99. The average molecular weight is 283 g/mol. The molecule has 1 aliphatic heterocycles. The van der Waals surface area contributed by atoms with Gasteiger partial charge in [0.05, 0.1) is 23.5 Å². The second-order valence-corrected chi connectivity index (χ2v) is 6.32. The molecule has 5 nitrogen and oxygen atoms in total. The van der Waals surface area contributed by atoms with E-state index in [0.29, 0.717) is 6.61 Å². The van der Waals surface area contributed by atoms with Crippen LogP contribution in [0.3, 0.4) is 0 Å². The van der Waals surface area contributed by atoms with Gasteiger partial charge in [0, 0.05) is 6.42 Å². The Bertz CT molecular complexity index is 507. The minimum absolute atomic E-state index is 0.177. The van der Waals surface area contributed by atoms with E-state index in [2.05, 4.69) is 5.16 Å². The van der Waals surface area contributed by atoms with Crippen molar-refractivity contribution in [2.45, 2.75) is 30.4 Å². The summed E-state index contributed by atoms with van der Waals surface area (Å²) in [4.78, 5) is 5.38. The van der Waals surface area contributed by atoms with Crippen molar-refractivity contribution in [2.24, 2.45) is 5.16 Å². The molecule has 1 atom stereocenters. The van der Waals surface area contributed by atoms with E-state index in [1.54, 1.807) is 30.3 Å². The average Bonchev–Trinajstić information content (AvgIpc) is 2.46. The fraction of sp³-hybridized carbons (Fsp3) is 0.462. The number of hydrogen-bond acceptors (Lipinski definition) is 5. The summed E-state index contributed by atoms with van der Waals surface area (Å²) in [7, 11) is -3.33. The van der Waals surface area contributed by atoms with Crippen molar-refractivity contribution >= 4 is 16.1 Å². The van der Waals surface area contributed by atoms with Crippen LogP contribution in [0.1, 0.15) is 19.3 Å². The molecule has 1 aromatic carbocycles. The van der Waals surface area contributed by atoms with E-state index in [9.17, 15) is 8.42 Å². The third-order valence-corrected chi connectivity index (χ3v) is 4.37. The molecule has 0 aliphatic carbocycles. The van der Waals surface area contributed by atoms with Crippen molar-refractivity contribution in [3.05, 3.63) is 30.3 Å².